The SMILES string of the molecule is CCCCCCCCCSCCCCCCCC(=O)OCC(COP(=O)(O)OCCN)OC(=O)CCCCCCCSCCCCCCCCC. The zero-order valence-corrected chi connectivity index (χ0v) is 35.3. The lowest BCUT2D eigenvalue weighted by Gasteiger charge is -2.19. The van der Waals surface area contributed by atoms with Crippen molar-refractivity contribution in [1.29, 1.82) is 0 Å². The molecule has 0 saturated carbocycles. The summed E-state index contributed by atoms with van der Waals surface area (Å²) in [6.45, 7) is 3.75. The molecule has 304 valence electrons. The molecule has 0 fully saturated rings. The molecule has 0 aliphatic heterocycles. The minimum absolute atomic E-state index is 0.0559. The van der Waals surface area contributed by atoms with Gasteiger partial charge in [0.1, 0.15) is 6.61 Å². The first-order valence-corrected chi connectivity index (χ1v) is 24.5. The van der Waals surface area contributed by atoms with E-state index in [1.165, 1.54) is 132 Å². The van der Waals surface area contributed by atoms with Gasteiger partial charge in [-0.15, -0.1) is 0 Å². The second-order valence-corrected chi connectivity index (χ2v) is 17.6. The van der Waals surface area contributed by atoms with E-state index >= 15 is 0 Å². The summed E-state index contributed by atoms with van der Waals surface area (Å²) in [7, 11) is -4.37. The van der Waals surface area contributed by atoms with Crippen molar-refractivity contribution in [2.24, 2.45) is 5.73 Å². The summed E-state index contributed by atoms with van der Waals surface area (Å²) in [6, 6.07) is 0. The molecule has 0 radical (unpaired) electrons. The van der Waals surface area contributed by atoms with Crippen molar-refractivity contribution in [3.63, 3.8) is 0 Å². The van der Waals surface area contributed by atoms with Crippen LogP contribution in [-0.4, -0.2) is 72.3 Å². The quantitative estimate of drug-likeness (QED) is 0.0348. The highest BCUT2D eigenvalue weighted by Crippen LogP contribution is 2.43. The third kappa shape index (κ3) is 39.2. The lowest BCUT2D eigenvalue weighted by molar-refractivity contribution is -0.161. The van der Waals surface area contributed by atoms with Gasteiger partial charge in [-0.05, 0) is 61.5 Å². The molecule has 12 heteroatoms. The fourth-order valence-corrected chi connectivity index (χ4v) is 8.34. The van der Waals surface area contributed by atoms with Crippen LogP contribution in [0.15, 0.2) is 0 Å². The highest BCUT2D eigenvalue weighted by Gasteiger charge is 2.26. The standard InChI is InChI=1S/C39H78NO8PS2/c1-3-5-7-9-11-17-23-31-50-33-25-19-13-15-21-27-38(41)45-35-37(36-47-49(43,44)46-30-29-40)48-39(42)28-22-16-14-20-26-34-51-32-24-18-12-10-8-6-4-2/h37H,3-36,40H2,1-2H3,(H,43,44). The van der Waals surface area contributed by atoms with Crippen LogP contribution in [0.5, 0.6) is 0 Å². The highest BCUT2D eigenvalue weighted by atomic mass is 32.2. The minimum Gasteiger partial charge on any atom is -0.462 e. The molecular formula is C39H78NO8PS2. The third-order valence-corrected chi connectivity index (χ3v) is 11.9. The van der Waals surface area contributed by atoms with Crippen LogP contribution in [0.25, 0.3) is 0 Å². The summed E-state index contributed by atoms with van der Waals surface area (Å²) in [5.41, 5.74) is 5.34. The number of phosphoric acid groups is 1. The van der Waals surface area contributed by atoms with Crippen molar-refractivity contribution >= 4 is 43.3 Å². The zero-order valence-electron chi connectivity index (χ0n) is 32.8. The Morgan fingerprint density at radius 1 is 0.569 bits per heavy atom. The molecule has 0 amide bonds. The van der Waals surface area contributed by atoms with Gasteiger partial charge in [0, 0.05) is 19.4 Å². The van der Waals surface area contributed by atoms with E-state index in [2.05, 4.69) is 37.4 Å². The number of hydrogen-bond donors (Lipinski definition) is 2. The van der Waals surface area contributed by atoms with Gasteiger partial charge in [-0.25, -0.2) is 4.57 Å². The molecule has 9 nitrogen and oxygen atoms in total. The van der Waals surface area contributed by atoms with Gasteiger partial charge in [-0.3, -0.25) is 18.6 Å². The van der Waals surface area contributed by atoms with Gasteiger partial charge in [0.2, 0.25) is 0 Å². The molecule has 51 heavy (non-hydrogen) atoms. The van der Waals surface area contributed by atoms with Crippen LogP contribution >= 0.6 is 31.3 Å². The van der Waals surface area contributed by atoms with Crippen LogP contribution in [0.4, 0.5) is 0 Å². The number of carbonyl (C=O) groups is 2. The average molecular weight is 784 g/mol. The number of rotatable bonds is 41. The second-order valence-electron chi connectivity index (χ2n) is 13.7. The number of hydrogen-bond acceptors (Lipinski definition) is 10. The number of thioether (sulfide) groups is 2. The average Bonchev–Trinajstić information content (AvgIpc) is 3.11. The Morgan fingerprint density at radius 2 is 0.961 bits per heavy atom. The summed E-state index contributed by atoms with van der Waals surface area (Å²) in [5.74, 6) is 4.09. The molecule has 0 aromatic rings. The molecule has 0 aromatic carbocycles. The van der Waals surface area contributed by atoms with Crippen molar-refractivity contribution in [3.05, 3.63) is 0 Å². The Hall–Kier alpha value is -0.290. The van der Waals surface area contributed by atoms with E-state index in [1.807, 2.05) is 0 Å². The summed E-state index contributed by atoms with van der Waals surface area (Å²) < 4.78 is 32.7. The molecule has 0 saturated heterocycles. The summed E-state index contributed by atoms with van der Waals surface area (Å²) >= 11 is 4.11. The van der Waals surface area contributed by atoms with Crippen LogP contribution < -0.4 is 5.73 Å². The summed E-state index contributed by atoms with van der Waals surface area (Å²) in [4.78, 5) is 34.8. The van der Waals surface area contributed by atoms with Crippen LogP contribution in [-0.2, 0) is 32.7 Å². The maximum atomic E-state index is 12.6. The molecule has 0 rings (SSSR count). The van der Waals surface area contributed by atoms with E-state index in [0.717, 1.165) is 38.5 Å². The molecule has 0 aliphatic rings. The van der Waals surface area contributed by atoms with Crippen molar-refractivity contribution in [3.8, 4) is 0 Å². The van der Waals surface area contributed by atoms with Crippen molar-refractivity contribution < 1.29 is 37.6 Å². The van der Waals surface area contributed by atoms with Crippen molar-refractivity contribution in [2.75, 3.05) is 49.4 Å². The van der Waals surface area contributed by atoms with Crippen LogP contribution in [0.3, 0.4) is 0 Å². The first kappa shape index (κ1) is 50.7. The topological polar surface area (TPSA) is 134 Å². The van der Waals surface area contributed by atoms with Gasteiger partial charge in [0.25, 0.3) is 0 Å². The number of esters is 2. The first-order valence-electron chi connectivity index (χ1n) is 20.7. The fourth-order valence-electron chi connectivity index (χ4n) is 5.54. The van der Waals surface area contributed by atoms with Gasteiger partial charge >= 0.3 is 19.8 Å². The maximum Gasteiger partial charge on any atom is 0.472 e. The molecule has 0 aromatic heterocycles. The Balaban J connectivity index is 4.11. The van der Waals surface area contributed by atoms with E-state index in [-0.39, 0.29) is 38.6 Å². The van der Waals surface area contributed by atoms with E-state index in [4.69, 9.17) is 24.3 Å². The Bertz CT molecular complexity index is 826. The molecule has 0 heterocycles. The molecule has 0 spiro atoms. The summed E-state index contributed by atoms with van der Waals surface area (Å²) in [6.07, 6.45) is 28.7. The maximum absolute atomic E-state index is 12.6. The molecule has 3 N–H and O–H groups in total. The molecule has 0 aliphatic carbocycles. The van der Waals surface area contributed by atoms with Crippen LogP contribution in [0.2, 0.25) is 0 Å². The molecule has 2 unspecified atom stereocenters. The molecule has 0 bridgehead atoms. The van der Waals surface area contributed by atoms with E-state index in [1.54, 1.807) is 0 Å². The number of nitrogens with two attached hydrogens (primary N) is 1. The van der Waals surface area contributed by atoms with E-state index in [9.17, 15) is 19.0 Å². The Labute approximate surface area is 321 Å². The zero-order chi connectivity index (χ0) is 37.5. The van der Waals surface area contributed by atoms with Gasteiger partial charge in [-0.2, -0.15) is 23.5 Å². The predicted molar refractivity (Wildman–Crippen MR) is 218 cm³/mol. The molecule has 2 atom stereocenters. The van der Waals surface area contributed by atoms with Crippen LogP contribution in [0, 0.1) is 0 Å². The van der Waals surface area contributed by atoms with Gasteiger partial charge in [0.05, 0.1) is 13.2 Å². The molecular weight excluding hydrogens is 706 g/mol. The third-order valence-electron chi connectivity index (χ3n) is 8.65. The van der Waals surface area contributed by atoms with E-state index < -0.39 is 26.5 Å². The van der Waals surface area contributed by atoms with Crippen LogP contribution in [0.1, 0.15) is 181 Å². The minimum atomic E-state index is -4.37. The largest absolute Gasteiger partial charge is 0.472 e. The number of carbonyl (C=O) groups excluding carboxylic acids is 2. The number of phosphoric ester groups is 1. The van der Waals surface area contributed by atoms with E-state index in [0.29, 0.717) is 6.42 Å². The lowest BCUT2D eigenvalue weighted by Crippen LogP contribution is -2.29. The van der Waals surface area contributed by atoms with Gasteiger partial charge in [0.15, 0.2) is 6.10 Å². The Morgan fingerprint density at radius 3 is 1.39 bits per heavy atom. The lowest BCUT2D eigenvalue weighted by atomic mass is 10.1. The summed E-state index contributed by atoms with van der Waals surface area (Å²) in [5, 5.41) is 0. The van der Waals surface area contributed by atoms with Crippen molar-refractivity contribution in [2.45, 2.75) is 187 Å². The van der Waals surface area contributed by atoms with Gasteiger partial charge < -0.3 is 20.1 Å². The predicted octanol–water partition coefficient (Wildman–Crippen LogP) is 11.2. The van der Waals surface area contributed by atoms with Gasteiger partial charge in [-0.1, -0.05) is 129 Å². The monoisotopic (exact) mass is 783 g/mol. The van der Waals surface area contributed by atoms with Crippen molar-refractivity contribution in [1.82, 2.24) is 0 Å². The highest BCUT2D eigenvalue weighted by molar-refractivity contribution is 7.99. The first-order chi connectivity index (χ1) is 24.8. The Kier molecular flexibility index (Phi) is 39.2. The normalized spacial score (nSPS) is 13.3. The fraction of sp³-hybridized carbons (Fsp3) is 0.949. The second kappa shape index (κ2) is 39.4. The smallest absolute Gasteiger partial charge is 0.462 e. The number of unbranched alkanes of at least 4 members (excludes halogenated alkanes) is 20. The number of ether oxygens (including phenoxy) is 2.